The summed E-state index contributed by atoms with van der Waals surface area (Å²) >= 11 is 0. The summed E-state index contributed by atoms with van der Waals surface area (Å²) in [7, 11) is 0. The van der Waals surface area contributed by atoms with Crippen LogP contribution in [0, 0.1) is 17.7 Å². The van der Waals surface area contributed by atoms with Crippen molar-refractivity contribution in [3.63, 3.8) is 0 Å². The molecule has 2 fully saturated rings. The molecule has 0 unspecified atom stereocenters. The normalized spacial score (nSPS) is 24.2. The minimum atomic E-state index is -0.264. The van der Waals surface area contributed by atoms with E-state index >= 15 is 0 Å². The van der Waals surface area contributed by atoms with Gasteiger partial charge >= 0.3 is 0 Å². The lowest BCUT2D eigenvalue weighted by molar-refractivity contribution is 0.253. The van der Waals surface area contributed by atoms with E-state index in [1.165, 1.54) is 12.1 Å². The Hall–Kier alpha value is -1.50. The molecule has 0 saturated carbocycles. The molecule has 0 amide bonds. The molecule has 0 spiro atoms. The molecule has 1 aromatic carbocycles. The summed E-state index contributed by atoms with van der Waals surface area (Å²) in [5.74, 6) is 2.39. The second kappa shape index (κ2) is 6.32. The summed E-state index contributed by atoms with van der Waals surface area (Å²) in [4.78, 5) is 6.78. The van der Waals surface area contributed by atoms with Crippen LogP contribution < -0.4 is 5.32 Å². The summed E-state index contributed by atoms with van der Waals surface area (Å²) in [6.07, 6.45) is 0. The molecular formula is C15H18ClFN4O. The highest BCUT2D eigenvalue weighted by Gasteiger charge is 2.36. The van der Waals surface area contributed by atoms with Crippen LogP contribution in [-0.4, -0.2) is 41.2 Å². The second-order valence-electron chi connectivity index (χ2n) is 5.89. The fourth-order valence-electron chi connectivity index (χ4n) is 3.31. The lowest BCUT2D eigenvalue weighted by Crippen LogP contribution is -2.25. The second-order valence-corrected chi connectivity index (χ2v) is 5.89. The summed E-state index contributed by atoms with van der Waals surface area (Å²) in [5.41, 5.74) is 0.772. The van der Waals surface area contributed by atoms with Gasteiger partial charge in [0.25, 0.3) is 0 Å². The number of likely N-dealkylation sites (tertiary alicyclic amines) is 1. The van der Waals surface area contributed by atoms with Crippen molar-refractivity contribution < 1.29 is 8.91 Å². The van der Waals surface area contributed by atoms with Crippen LogP contribution in [0.4, 0.5) is 4.39 Å². The number of benzene rings is 1. The van der Waals surface area contributed by atoms with Crippen molar-refractivity contribution in [1.29, 1.82) is 0 Å². The van der Waals surface area contributed by atoms with Gasteiger partial charge in [0.15, 0.2) is 0 Å². The van der Waals surface area contributed by atoms with Gasteiger partial charge in [-0.2, -0.15) is 4.98 Å². The topological polar surface area (TPSA) is 54.2 Å². The quantitative estimate of drug-likeness (QED) is 0.935. The van der Waals surface area contributed by atoms with Gasteiger partial charge in [0.1, 0.15) is 5.82 Å². The van der Waals surface area contributed by atoms with Crippen LogP contribution in [0.1, 0.15) is 5.89 Å². The van der Waals surface area contributed by atoms with Crippen molar-refractivity contribution in [2.45, 2.75) is 6.54 Å². The fraction of sp³-hybridized carbons (Fsp3) is 0.467. The van der Waals surface area contributed by atoms with Crippen molar-refractivity contribution in [3.05, 3.63) is 36.0 Å². The largest absolute Gasteiger partial charge is 0.338 e. The average molecular weight is 325 g/mol. The molecule has 1 aromatic heterocycles. The molecule has 2 aliphatic heterocycles. The molecule has 2 aromatic rings. The standard InChI is InChI=1S/C15H17FN4O.ClH/c16-13-3-1-10(2-4-13)15-18-14(21-19-15)9-20-7-11-5-17-6-12(11)8-20;/h1-4,11-12,17H,5-9H2;1H/t11-,12+;. The zero-order valence-corrected chi connectivity index (χ0v) is 12.9. The van der Waals surface area contributed by atoms with Gasteiger partial charge < -0.3 is 9.84 Å². The predicted molar refractivity (Wildman–Crippen MR) is 82.1 cm³/mol. The molecule has 22 heavy (non-hydrogen) atoms. The zero-order valence-electron chi connectivity index (χ0n) is 12.0. The Labute approximate surface area is 134 Å². The third-order valence-electron chi connectivity index (χ3n) is 4.39. The molecule has 5 nitrogen and oxygen atoms in total. The van der Waals surface area contributed by atoms with Crippen LogP contribution >= 0.6 is 12.4 Å². The molecule has 2 saturated heterocycles. The third kappa shape index (κ3) is 2.99. The lowest BCUT2D eigenvalue weighted by Gasteiger charge is -2.13. The van der Waals surface area contributed by atoms with E-state index in [2.05, 4.69) is 20.4 Å². The highest BCUT2D eigenvalue weighted by atomic mass is 35.5. The van der Waals surface area contributed by atoms with Crippen molar-refractivity contribution in [2.24, 2.45) is 11.8 Å². The Kier molecular flexibility index (Phi) is 4.42. The number of nitrogens with zero attached hydrogens (tertiary/aromatic N) is 3. The van der Waals surface area contributed by atoms with Gasteiger partial charge in [0, 0.05) is 18.7 Å². The van der Waals surface area contributed by atoms with Crippen LogP contribution in [0.25, 0.3) is 11.4 Å². The molecule has 0 bridgehead atoms. The number of nitrogens with one attached hydrogen (secondary N) is 1. The first-order valence-electron chi connectivity index (χ1n) is 7.29. The van der Waals surface area contributed by atoms with E-state index < -0.39 is 0 Å². The van der Waals surface area contributed by atoms with Crippen molar-refractivity contribution in [3.8, 4) is 11.4 Å². The Bertz CT molecular complexity index is 621. The number of hydrogen-bond acceptors (Lipinski definition) is 5. The number of hydrogen-bond donors (Lipinski definition) is 1. The van der Waals surface area contributed by atoms with E-state index in [0.29, 0.717) is 18.3 Å². The van der Waals surface area contributed by atoms with E-state index in [-0.39, 0.29) is 18.2 Å². The van der Waals surface area contributed by atoms with Crippen LogP contribution in [0.5, 0.6) is 0 Å². The maximum Gasteiger partial charge on any atom is 0.241 e. The Morgan fingerprint density at radius 2 is 1.86 bits per heavy atom. The molecule has 4 rings (SSSR count). The number of fused-ring (bicyclic) bond motifs is 1. The molecule has 118 valence electrons. The Balaban J connectivity index is 0.00000144. The lowest BCUT2D eigenvalue weighted by atomic mass is 10.0. The first kappa shape index (κ1) is 15.4. The van der Waals surface area contributed by atoms with E-state index in [0.717, 1.165) is 43.6 Å². The van der Waals surface area contributed by atoms with Crippen LogP contribution in [-0.2, 0) is 6.54 Å². The number of aromatic nitrogens is 2. The van der Waals surface area contributed by atoms with Crippen LogP contribution in [0.2, 0.25) is 0 Å². The summed E-state index contributed by atoms with van der Waals surface area (Å²) in [6.45, 7) is 5.11. The predicted octanol–water partition coefficient (Wildman–Crippen LogP) is 1.95. The summed E-state index contributed by atoms with van der Waals surface area (Å²) in [6, 6.07) is 6.13. The van der Waals surface area contributed by atoms with E-state index in [4.69, 9.17) is 4.52 Å². The summed E-state index contributed by atoms with van der Waals surface area (Å²) < 4.78 is 18.2. The fourth-order valence-corrected chi connectivity index (χ4v) is 3.31. The SMILES string of the molecule is Cl.Fc1ccc(-c2noc(CN3C[C@H]4CNC[C@H]4C3)n2)cc1. The number of halogens is 2. The Morgan fingerprint density at radius 3 is 2.55 bits per heavy atom. The molecule has 0 radical (unpaired) electrons. The van der Waals surface area contributed by atoms with E-state index in [9.17, 15) is 4.39 Å². The molecule has 2 aliphatic rings. The van der Waals surface area contributed by atoms with Crippen molar-refractivity contribution in [1.82, 2.24) is 20.4 Å². The van der Waals surface area contributed by atoms with Crippen molar-refractivity contribution in [2.75, 3.05) is 26.2 Å². The van der Waals surface area contributed by atoms with Gasteiger partial charge in [0.05, 0.1) is 6.54 Å². The molecule has 0 aliphatic carbocycles. The first-order valence-corrected chi connectivity index (χ1v) is 7.29. The molecule has 7 heteroatoms. The van der Waals surface area contributed by atoms with Crippen molar-refractivity contribution >= 4 is 12.4 Å². The van der Waals surface area contributed by atoms with Crippen LogP contribution in [0.15, 0.2) is 28.8 Å². The third-order valence-corrected chi connectivity index (χ3v) is 4.39. The van der Waals surface area contributed by atoms with Gasteiger partial charge in [0.2, 0.25) is 11.7 Å². The minimum absolute atomic E-state index is 0. The van der Waals surface area contributed by atoms with E-state index in [1.807, 2.05) is 0 Å². The highest BCUT2D eigenvalue weighted by Crippen LogP contribution is 2.27. The summed E-state index contributed by atoms with van der Waals surface area (Å²) in [5, 5.41) is 7.41. The van der Waals surface area contributed by atoms with E-state index in [1.54, 1.807) is 12.1 Å². The van der Waals surface area contributed by atoms with Gasteiger partial charge in [-0.1, -0.05) is 5.16 Å². The van der Waals surface area contributed by atoms with Gasteiger partial charge in [-0.3, -0.25) is 4.90 Å². The average Bonchev–Trinajstić information content (AvgIpc) is 3.16. The monoisotopic (exact) mass is 324 g/mol. The molecule has 1 N–H and O–H groups in total. The van der Waals surface area contributed by atoms with Gasteiger partial charge in [-0.15, -0.1) is 12.4 Å². The molecular weight excluding hydrogens is 307 g/mol. The molecule has 3 heterocycles. The number of rotatable bonds is 3. The first-order chi connectivity index (χ1) is 10.3. The maximum absolute atomic E-state index is 12.9. The van der Waals surface area contributed by atoms with Gasteiger partial charge in [-0.25, -0.2) is 4.39 Å². The Morgan fingerprint density at radius 1 is 1.18 bits per heavy atom. The highest BCUT2D eigenvalue weighted by molar-refractivity contribution is 5.85. The molecule has 2 atom stereocenters. The zero-order chi connectivity index (χ0) is 14.2. The smallest absolute Gasteiger partial charge is 0.241 e. The minimum Gasteiger partial charge on any atom is -0.338 e. The van der Waals surface area contributed by atoms with Gasteiger partial charge in [-0.05, 0) is 49.2 Å². The van der Waals surface area contributed by atoms with Crippen LogP contribution in [0.3, 0.4) is 0 Å². The maximum atomic E-state index is 12.9.